The van der Waals surface area contributed by atoms with Crippen LogP contribution in [0, 0.1) is 0 Å². The van der Waals surface area contributed by atoms with Gasteiger partial charge in [0.2, 0.25) is 11.8 Å². The van der Waals surface area contributed by atoms with Crippen molar-refractivity contribution in [2.24, 2.45) is 0 Å². The lowest BCUT2D eigenvalue weighted by molar-refractivity contribution is -0.140. The van der Waals surface area contributed by atoms with Crippen LogP contribution in [0.25, 0.3) is 12.2 Å². The quantitative estimate of drug-likeness (QED) is 0.244. The molecule has 0 N–H and O–H groups in total. The van der Waals surface area contributed by atoms with Gasteiger partial charge in [-0.1, -0.05) is 133 Å². The Morgan fingerprint density at radius 1 is 0.630 bits per heavy atom. The molecule has 0 bridgehead atoms. The minimum absolute atomic E-state index is 0.0835. The molecule has 46 heavy (non-hydrogen) atoms. The number of nitrogens with zero attached hydrogens (tertiary/aromatic N) is 4. The van der Waals surface area contributed by atoms with Gasteiger partial charge in [-0.2, -0.15) is 0 Å². The largest absolute Gasteiger partial charge is 0.339 e. The van der Waals surface area contributed by atoms with Crippen molar-refractivity contribution in [2.75, 3.05) is 39.3 Å². The van der Waals surface area contributed by atoms with Crippen LogP contribution in [-0.2, 0) is 19.2 Å². The predicted molar refractivity (Wildman–Crippen MR) is 193 cm³/mol. The fourth-order valence-electron chi connectivity index (χ4n) is 4.97. The number of allylic oxidation sites excluding steroid dienone is 4. The fraction of sp³-hybridized carbons (Fsp3) is 0.235. The van der Waals surface area contributed by atoms with Gasteiger partial charge >= 0.3 is 0 Å². The number of carbonyl (C=O) groups is 4. The second-order valence-corrected chi connectivity index (χ2v) is 13.9. The van der Waals surface area contributed by atoms with Gasteiger partial charge in [-0.25, -0.2) is 0 Å². The summed E-state index contributed by atoms with van der Waals surface area (Å²) in [5, 5.41) is 0. The molecule has 0 spiro atoms. The van der Waals surface area contributed by atoms with E-state index >= 15 is 0 Å². The Morgan fingerprint density at radius 2 is 1.00 bits per heavy atom. The number of hydrogen-bond acceptors (Lipinski definition) is 8. The highest BCUT2D eigenvalue weighted by atomic mass is 32.2. The molecule has 2 aromatic rings. The Hall–Kier alpha value is -3.84. The number of rotatable bonds is 10. The first kappa shape index (κ1) is 33.5. The fourth-order valence-corrected chi connectivity index (χ4v) is 7.49. The van der Waals surface area contributed by atoms with Gasteiger partial charge in [0, 0.05) is 52.1 Å². The van der Waals surface area contributed by atoms with Crippen LogP contribution in [0.2, 0.25) is 0 Å². The number of hydrogen-bond donors (Lipinski definition) is 0. The zero-order valence-corrected chi connectivity index (χ0v) is 28.2. The molecule has 8 nitrogen and oxygen atoms in total. The number of piperazine rings is 1. The number of thioether (sulfide) groups is 2. The molecule has 236 valence electrons. The minimum Gasteiger partial charge on any atom is -0.339 e. The summed E-state index contributed by atoms with van der Waals surface area (Å²) in [4.78, 5) is 59.1. The Labute approximate surface area is 287 Å². The number of thiocarbonyl (C=S) groups is 2. The van der Waals surface area contributed by atoms with Gasteiger partial charge < -0.3 is 9.80 Å². The van der Waals surface area contributed by atoms with E-state index in [1.54, 1.807) is 22.0 Å². The van der Waals surface area contributed by atoms with Crippen molar-refractivity contribution >= 4 is 92.4 Å². The summed E-state index contributed by atoms with van der Waals surface area (Å²) in [5.74, 6) is -0.562. The summed E-state index contributed by atoms with van der Waals surface area (Å²) in [6.45, 7) is 2.05. The molecular formula is C34H32N4O4S4. The Balaban J connectivity index is 1.03. The van der Waals surface area contributed by atoms with Crippen LogP contribution >= 0.6 is 48.0 Å². The van der Waals surface area contributed by atoms with Crippen LogP contribution in [0.1, 0.15) is 24.0 Å². The van der Waals surface area contributed by atoms with E-state index < -0.39 is 0 Å². The van der Waals surface area contributed by atoms with Crippen molar-refractivity contribution < 1.29 is 19.2 Å². The summed E-state index contributed by atoms with van der Waals surface area (Å²) in [6.07, 6.45) is 11.3. The third kappa shape index (κ3) is 8.69. The first-order valence-corrected chi connectivity index (χ1v) is 17.2. The highest BCUT2D eigenvalue weighted by Gasteiger charge is 2.34. The summed E-state index contributed by atoms with van der Waals surface area (Å²) in [7, 11) is 0. The lowest BCUT2D eigenvalue weighted by Crippen LogP contribution is -2.51. The van der Waals surface area contributed by atoms with Gasteiger partial charge in [-0.15, -0.1) is 0 Å². The van der Waals surface area contributed by atoms with Crippen LogP contribution in [0.4, 0.5) is 0 Å². The SMILES string of the molecule is O=C(CCN1C(=O)C(=CC=Cc2ccccc2)SC1=S)N1CCN(C(=O)CCN2C(=O)C(=CC=Cc3ccccc3)SC2=S)CC1. The molecule has 0 radical (unpaired) electrons. The lowest BCUT2D eigenvalue weighted by Gasteiger charge is -2.35. The molecule has 0 aliphatic carbocycles. The van der Waals surface area contributed by atoms with Crippen molar-refractivity contribution in [3.63, 3.8) is 0 Å². The Kier molecular flexibility index (Phi) is 11.8. The van der Waals surface area contributed by atoms with Gasteiger partial charge in [0.05, 0.1) is 9.81 Å². The maximum Gasteiger partial charge on any atom is 0.266 e. The lowest BCUT2D eigenvalue weighted by atomic mass is 10.2. The number of carbonyl (C=O) groups excluding carboxylic acids is 4. The highest BCUT2D eigenvalue weighted by Crippen LogP contribution is 2.32. The molecule has 3 aliphatic heterocycles. The van der Waals surface area contributed by atoms with E-state index in [1.807, 2.05) is 85.0 Å². The topological polar surface area (TPSA) is 81.2 Å². The molecule has 0 aromatic heterocycles. The third-order valence-electron chi connectivity index (χ3n) is 7.50. The number of benzene rings is 2. The smallest absolute Gasteiger partial charge is 0.266 e. The molecule has 4 amide bonds. The van der Waals surface area contributed by atoms with Crippen molar-refractivity contribution in [3.05, 3.63) is 106 Å². The molecule has 0 saturated carbocycles. The Bertz CT molecular complexity index is 1510. The molecule has 3 fully saturated rings. The summed E-state index contributed by atoms with van der Waals surface area (Å²) in [6, 6.07) is 19.6. The van der Waals surface area contributed by atoms with E-state index in [2.05, 4.69) is 0 Å². The normalized spacial score (nSPS) is 19.2. The second kappa shape index (κ2) is 16.1. The zero-order chi connectivity index (χ0) is 32.5. The average molecular weight is 689 g/mol. The van der Waals surface area contributed by atoms with Gasteiger partial charge in [0.25, 0.3) is 11.8 Å². The molecule has 0 atom stereocenters. The monoisotopic (exact) mass is 688 g/mol. The average Bonchev–Trinajstić information content (AvgIpc) is 3.50. The van der Waals surface area contributed by atoms with E-state index in [0.717, 1.165) is 11.1 Å². The molecule has 2 aromatic carbocycles. The molecule has 3 saturated heterocycles. The Morgan fingerprint density at radius 3 is 1.37 bits per heavy atom. The van der Waals surface area contributed by atoms with Crippen LogP contribution < -0.4 is 0 Å². The van der Waals surface area contributed by atoms with E-state index in [9.17, 15) is 19.2 Å². The van der Waals surface area contributed by atoms with Crippen molar-refractivity contribution in [2.45, 2.75) is 12.8 Å². The van der Waals surface area contributed by atoms with Crippen LogP contribution in [0.3, 0.4) is 0 Å². The van der Waals surface area contributed by atoms with Crippen molar-refractivity contribution in [1.29, 1.82) is 0 Å². The molecule has 3 heterocycles. The zero-order valence-electron chi connectivity index (χ0n) is 24.9. The van der Waals surface area contributed by atoms with E-state index in [1.165, 1.54) is 33.3 Å². The van der Waals surface area contributed by atoms with Crippen LogP contribution in [0.15, 0.2) is 94.8 Å². The molecular weight excluding hydrogens is 657 g/mol. The van der Waals surface area contributed by atoms with Gasteiger partial charge in [0.1, 0.15) is 8.64 Å². The highest BCUT2D eigenvalue weighted by molar-refractivity contribution is 8.27. The van der Waals surface area contributed by atoms with E-state index in [4.69, 9.17) is 24.4 Å². The van der Waals surface area contributed by atoms with Crippen molar-refractivity contribution in [3.8, 4) is 0 Å². The molecule has 12 heteroatoms. The summed E-state index contributed by atoms with van der Waals surface area (Å²) >= 11 is 13.3. The van der Waals surface area contributed by atoms with E-state index in [0.29, 0.717) is 44.6 Å². The molecule has 0 unspecified atom stereocenters. The number of amides is 4. The van der Waals surface area contributed by atoms with Gasteiger partial charge in [0.15, 0.2) is 0 Å². The van der Waals surface area contributed by atoms with Crippen molar-refractivity contribution in [1.82, 2.24) is 19.6 Å². The summed E-state index contributed by atoms with van der Waals surface area (Å²) in [5.41, 5.74) is 2.06. The van der Waals surface area contributed by atoms with Crippen LogP contribution in [-0.4, -0.2) is 91.1 Å². The third-order valence-corrected chi connectivity index (χ3v) is 10.3. The second-order valence-electron chi connectivity index (χ2n) is 10.5. The molecule has 3 aliphatic rings. The maximum absolute atomic E-state index is 13.0. The summed E-state index contributed by atoms with van der Waals surface area (Å²) < 4.78 is 0.876. The standard InChI is InChI=1S/C34H32N4O4S4/c39-29(17-19-37-31(41)27(45-33(37)43)15-7-13-25-9-3-1-4-10-25)35-21-23-36(24-22-35)30(40)18-20-38-32(42)28(46-34(38)44)16-8-14-26-11-5-2-6-12-26/h1-16H,17-24H2. The first-order valence-electron chi connectivity index (χ1n) is 14.8. The van der Waals surface area contributed by atoms with E-state index in [-0.39, 0.29) is 49.6 Å². The maximum atomic E-state index is 13.0. The minimum atomic E-state index is -0.198. The predicted octanol–water partition coefficient (Wildman–Crippen LogP) is 5.35. The van der Waals surface area contributed by atoms with Gasteiger partial charge in [-0.05, 0) is 23.3 Å². The van der Waals surface area contributed by atoms with Crippen LogP contribution in [0.5, 0.6) is 0 Å². The molecule has 5 rings (SSSR count). The first-order chi connectivity index (χ1) is 22.3. The van der Waals surface area contributed by atoms with Gasteiger partial charge in [-0.3, -0.25) is 29.0 Å².